The van der Waals surface area contributed by atoms with Gasteiger partial charge in [-0.15, -0.1) is 0 Å². The van der Waals surface area contributed by atoms with E-state index in [1.54, 1.807) is 0 Å². The van der Waals surface area contributed by atoms with E-state index in [1.165, 1.54) is 24.3 Å². The lowest BCUT2D eigenvalue weighted by Gasteiger charge is -2.18. The molecule has 5 aromatic rings. The average Bonchev–Trinajstić information content (AvgIpc) is 3.83. The van der Waals surface area contributed by atoms with Crippen LogP contribution in [0.15, 0.2) is 58.6 Å². The molecule has 0 radical (unpaired) electrons. The van der Waals surface area contributed by atoms with Crippen molar-refractivity contribution in [1.82, 2.24) is 35.8 Å². The monoisotopic (exact) mass is 603 g/mol. The minimum atomic E-state index is -0.658. The molecule has 0 saturated carbocycles. The molecular formula is C32H29N9O4. The number of aromatic nitrogens is 5. The number of aryl methyl sites for hydroxylation is 1. The second-order valence-electron chi connectivity index (χ2n) is 11.4. The fourth-order valence-electron chi connectivity index (χ4n) is 6.37. The first kappa shape index (κ1) is 28.1. The van der Waals surface area contributed by atoms with Gasteiger partial charge >= 0.3 is 0 Å². The van der Waals surface area contributed by atoms with Crippen molar-refractivity contribution >= 4 is 23.2 Å². The molecule has 226 valence electrons. The zero-order valence-corrected chi connectivity index (χ0v) is 24.3. The number of hydrogen-bond donors (Lipinski definition) is 5. The summed E-state index contributed by atoms with van der Waals surface area (Å²) in [4.78, 5) is 62.0. The Labute approximate surface area is 256 Å². The lowest BCUT2D eigenvalue weighted by Crippen LogP contribution is -2.37. The Morgan fingerprint density at radius 3 is 2.49 bits per heavy atom. The van der Waals surface area contributed by atoms with Gasteiger partial charge in [0.15, 0.2) is 5.82 Å². The van der Waals surface area contributed by atoms with E-state index in [0.29, 0.717) is 5.82 Å². The molecule has 45 heavy (non-hydrogen) atoms. The Bertz CT molecular complexity index is 2050. The van der Waals surface area contributed by atoms with Crippen molar-refractivity contribution in [3.05, 3.63) is 114 Å². The molecular weight excluding hydrogens is 574 g/mol. The summed E-state index contributed by atoms with van der Waals surface area (Å²) < 4.78 is 0. The lowest BCUT2D eigenvalue weighted by molar-refractivity contribution is 0.0931. The van der Waals surface area contributed by atoms with Gasteiger partial charge in [0.1, 0.15) is 35.4 Å². The number of hydrogen-bond acceptors (Lipinski definition) is 10. The van der Waals surface area contributed by atoms with Crippen LogP contribution in [0.2, 0.25) is 0 Å². The Kier molecular flexibility index (Phi) is 6.92. The van der Waals surface area contributed by atoms with E-state index in [-0.39, 0.29) is 47.3 Å². The van der Waals surface area contributed by atoms with Crippen LogP contribution in [-0.2, 0) is 19.4 Å². The first-order valence-corrected chi connectivity index (χ1v) is 14.6. The molecule has 2 aromatic heterocycles. The van der Waals surface area contributed by atoms with Crippen LogP contribution in [-0.4, -0.2) is 37.0 Å². The van der Waals surface area contributed by atoms with E-state index in [0.717, 1.165) is 59.1 Å². The molecule has 0 bridgehead atoms. The fraction of sp³-hybridized carbons (Fsp3) is 0.250. The molecule has 2 aliphatic rings. The maximum Gasteiger partial charge on any atom is 0.270 e. The molecule has 2 atom stereocenters. The van der Waals surface area contributed by atoms with Crippen LogP contribution in [0.5, 0.6) is 0 Å². The third-order valence-corrected chi connectivity index (χ3v) is 8.81. The number of amides is 2. The molecule has 2 aliphatic carbocycles. The predicted molar refractivity (Wildman–Crippen MR) is 165 cm³/mol. The second kappa shape index (κ2) is 11.1. The van der Waals surface area contributed by atoms with Crippen molar-refractivity contribution in [3.8, 4) is 11.4 Å². The van der Waals surface area contributed by atoms with Gasteiger partial charge in [0.2, 0.25) is 0 Å². The molecule has 6 N–H and O–H groups in total. The number of nitrogens with one attached hydrogen (secondary N) is 4. The highest BCUT2D eigenvalue weighted by atomic mass is 16.2. The van der Waals surface area contributed by atoms with Crippen molar-refractivity contribution < 1.29 is 9.59 Å². The zero-order valence-electron chi connectivity index (χ0n) is 24.3. The van der Waals surface area contributed by atoms with Gasteiger partial charge in [0, 0.05) is 18.2 Å². The van der Waals surface area contributed by atoms with Crippen LogP contribution in [0.4, 0.5) is 11.4 Å². The molecule has 0 fully saturated rings. The van der Waals surface area contributed by atoms with Crippen LogP contribution < -0.4 is 32.5 Å². The number of nitrogen functional groups attached to an aromatic ring is 1. The molecule has 1 unspecified atom stereocenters. The van der Waals surface area contributed by atoms with E-state index in [1.807, 2.05) is 37.3 Å². The summed E-state index contributed by atoms with van der Waals surface area (Å²) in [5.41, 5.74) is 12.0. The second-order valence-corrected chi connectivity index (χ2v) is 11.4. The largest absolute Gasteiger partial charge is 0.394 e. The Morgan fingerprint density at radius 2 is 1.71 bits per heavy atom. The van der Waals surface area contributed by atoms with Crippen LogP contribution in [0, 0.1) is 6.92 Å². The Hall–Kier alpha value is -5.72. The number of benzene rings is 2. The third kappa shape index (κ3) is 5.01. The summed E-state index contributed by atoms with van der Waals surface area (Å²) in [5, 5.41) is 15.9. The summed E-state index contributed by atoms with van der Waals surface area (Å²) in [6.45, 7) is 2.27. The van der Waals surface area contributed by atoms with Crippen LogP contribution in [0.3, 0.4) is 0 Å². The molecule has 13 heteroatoms. The molecule has 7 rings (SSSR count). The topological polar surface area (TPSA) is 198 Å². The van der Waals surface area contributed by atoms with Gasteiger partial charge in [-0.3, -0.25) is 24.3 Å². The van der Waals surface area contributed by atoms with E-state index in [9.17, 15) is 19.2 Å². The highest BCUT2D eigenvalue weighted by Gasteiger charge is 2.29. The SMILES string of the molecule is Cc1c(-c2ncn[nH]2)ccc2c1CC[C@@H]2NC(=O)c1cc(C(=O)NCc2ccc3c(c2)C(Nc2c(N)c(=O)c2=O)CC3)ncn1. The molecule has 0 saturated heterocycles. The standard InChI is InChI=1S/C32H29N9O4/c1-15-18-7-9-22(20(18)6-5-19(15)30-37-14-38-41-30)40-32(45)25-11-24(35-13-36-25)31(44)34-12-16-2-3-17-4-8-23(21(17)10-16)39-27-26(33)28(42)29(27)43/h2-3,5-6,10-11,13-14,22-23,39H,4,7-9,12,33H2,1H3,(H,34,44)(H,40,45)(H,37,38,41)/t22-,23?/m0/s1. The number of fused-ring (bicyclic) bond motifs is 2. The first-order chi connectivity index (χ1) is 21.8. The number of anilines is 2. The number of nitrogens with zero attached hydrogens (tertiary/aromatic N) is 4. The quantitative estimate of drug-likeness (QED) is 0.164. The molecule has 3 aromatic carbocycles. The maximum absolute atomic E-state index is 13.2. The fourth-order valence-corrected chi connectivity index (χ4v) is 6.37. The number of nitrogens with two attached hydrogens (primary N) is 1. The summed E-state index contributed by atoms with van der Waals surface area (Å²) in [5.74, 6) is -0.128. The maximum atomic E-state index is 13.2. The first-order valence-electron chi connectivity index (χ1n) is 14.6. The van der Waals surface area contributed by atoms with E-state index >= 15 is 0 Å². The van der Waals surface area contributed by atoms with Gasteiger partial charge in [-0.1, -0.05) is 30.3 Å². The molecule has 2 heterocycles. The number of rotatable bonds is 8. The molecule has 0 aliphatic heterocycles. The minimum absolute atomic E-state index is 0.0319. The highest BCUT2D eigenvalue weighted by Crippen LogP contribution is 2.37. The number of carbonyl (C=O) groups excluding carboxylic acids is 2. The predicted octanol–water partition coefficient (Wildman–Crippen LogP) is 2.20. The number of carbonyl (C=O) groups is 2. The van der Waals surface area contributed by atoms with Gasteiger partial charge in [0.25, 0.3) is 22.7 Å². The summed E-state index contributed by atoms with van der Waals surface area (Å²) >= 11 is 0. The van der Waals surface area contributed by atoms with Gasteiger partial charge in [-0.05, 0) is 66.0 Å². The lowest BCUT2D eigenvalue weighted by atomic mass is 9.97. The summed E-state index contributed by atoms with van der Waals surface area (Å²) in [7, 11) is 0. The van der Waals surface area contributed by atoms with Crippen molar-refractivity contribution in [2.45, 2.75) is 51.2 Å². The van der Waals surface area contributed by atoms with Crippen molar-refractivity contribution in [1.29, 1.82) is 0 Å². The van der Waals surface area contributed by atoms with Crippen LogP contribution in [0.1, 0.15) is 79.3 Å². The Balaban J connectivity index is 0.996. The van der Waals surface area contributed by atoms with Crippen LogP contribution >= 0.6 is 0 Å². The number of aromatic amines is 1. The molecule has 0 spiro atoms. The van der Waals surface area contributed by atoms with Gasteiger partial charge in [0.05, 0.1) is 12.1 Å². The molecule has 13 nitrogen and oxygen atoms in total. The Morgan fingerprint density at radius 1 is 0.911 bits per heavy atom. The van der Waals surface area contributed by atoms with Crippen molar-refractivity contribution in [2.24, 2.45) is 0 Å². The van der Waals surface area contributed by atoms with Crippen molar-refractivity contribution in [2.75, 3.05) is 11.1 Å². The van der Waals surface area contributed by atoms with Gasteiger partial charge in [-0.2, -0.15) is 5.10 Å². The van der Waals surface area contributed by atoms with E-state index in [2.05, 4.69) is 41.1 Å². The van der Waals surface area contributed by atoms with E-state index < -0.39 is 16.8 Å². The summed E-state index contributed by atoms with van der Waals surface area (Å²) in [6.07, 6.45) is 5.81. The normalized spacial score (nSPS) is 16.7. The van der Waals surface area contributed by atoms with Gasteiger partial charge in [-0.25, -0.2) is 15.0 Å². The smallest absolute Gasteiger partial charge is 0.270 e. The molecule has 2 amide bonds. The average molecular weight is 604 g/mol. The minimum Gasteiger partial charge on any atom is -0.394 e. The van der Waals surface area contributed by atoms with Crippen molar-refractivity contribution in [3.63, 3.8) is 0 Å². The van der Waals surface area contributed by atoms with E-state index in [4.69, 9.17) is 5.73 Å². The third-order valence-electron chi connectivity index (χ3n) is 8.81. The zero-order chi connectivity index (χ0) is 31.2. The van der Waals surface area contributed by atoms with Gasteiger partial charge < -0.3 is 21.7 Å². The highest BCUT2D eigenvalue weighted by molar-refractivity contribution is 5.97. The summed E-state index contributed by atoms with van der Waals surface area (Å²) in [6, 6.07) is 10.9. The number of H-pyrrole nitrogens is 1. The van der Waals surface area contributed by atoms with Crippen LogP contribution in [0.25, 0.3) is 11.4 Å².